The van der Waals surface area contributed by atoms with Gasteiger partial charge in [0.1, 0.15) is 6.10 Å². The first-order chi connectivity index (χ1) is 9.40. The van der Waals surface area contributed by atoms with Crippen LogP contribution in [0.4, 0.5) is 5.69 Å². The smallest absolute Gasteiger partial charge is 0.335 e. The van der Waals surface area contributed by atoms with E-state index in [1.165, 1.54) is 12.1 Å². The van der Waals surface area contributed by atoms with Crippen LogP contribution in [0.25, 0.3) is 0 Å². The van der Waals surface area contributed by atoms with E-state index in [-0.39, 0.29) is 33.1 Å². The molecular weight excluding hydrogens is 305 g/mol. The van der Waals surface area contributed by atoms with E-state index < -0.39 is 12.1 Å². The molecule has 5 nitrogen and oxygen atoms in total. The number of carbonyl (C=O) groups is 2. The van der Waals surface area contributed by atoms with Crippen LogP contribution in [0.5, 0.6) is 0 Å². The van der Waals surface area contributed by atoms with E-state index in [0.717, 1.165) is 6.42 Å². The molecule has 1 saturated heterocycles. The maximum Gasteiger partial charge on any atom is 0.335 e. The molecule has 7 heteroatoms. The molecule has 1 amide bonds. The molecule has 2 rings (SSSR count). The molecule has 2 atom stereocenters. The molecule has 0 aromatic heterocycles. The molecule has 1 fully saturated rings. The SMILES string of the molecule is CC1CCOC1C(=O)Nc1c(Cl)cc(C(=O)O)cc1Cl. The van der Waals surface area contributed by atoms with Gasteiger partial charge in [-0.1, -0.05) is 30.1 Å². The predicted octanol–water partition coefficient (Wildman–Crippen LogP) is 3.06. The van der Waals surface area contributed by atoms with Crippen molar-refractivity contribution >= 4 is 40.8 Å². The van der Waals surface area contributed by atoms with E-state index in [2.05, 4.69) is 5.32 Å². The first-order valence-electron chi connectivity index (χ1n) is 6.05. The number of carboxylic acid groups (broad SMARTS) is 1. The van der Waals surface area contributed by atoms with Crippen LogP contribution in [0, 0.1) is 5.92 Å². The second kappa shape index (κ2) is 5.99. The summed E-state index contributed by atoms with van der Waals surface area (Å²) in [4.78, 5) is 22.9. The molecule has 1 aromatic rings. The second-order valence-electron chi connectivity index (χ2n) is 4.67. The maximum atomic E-state index is 12.1. The van der Waals surface area contributed by atoms with E-state index in [1.54, 1.807) is 0 Å². The lowest BCUT2D eigenvalue weighted by Gasteiger charge is -2.16. The van der Waals surface area contributed by atoms with E-state index in [0.29, 0.717) is 6.61 Å². The summed E-state index contributed by atoms with van der Waals surface area (Å²) in [5, 5.41) is 11.6. The quantitative estimate of drug-likeness (QED) is 0.898. The Morgan fingerprint density at radius 3 is 2.40 bits per heavy atom. The number of aromatic carboxylic acids is 1. The highest BCUT2D eigenvalue weighted by atomic mass is 35.5. The van der Waals surface area contributed by atoms with Crippen molar-refractivity contribution in [3.05, 3.63) is 27.7 Å². The Labute approximate surface area is 125 Å². The highest BCUT2D eigenvalue weighted by Crippen LogP contribution is 2.33. The third kappa shape index (κ3) is 3.06. The fourth-order valence-corrected chi connectivity index (χ4v) is 2.62. The number of anilines is 1. The maximum absolute atomic E-state index is 12.1. The van der Waals surface area contributed by atoms with Gasteiger partial charge < -0.3 is 15.2 Å². The van der Waals surface area contributed by atoms with Gasteiger partial charge in [-0.05, 0) is 24.5 Å². The van der Waals surface area contributed by atoms with Crippen molar-refractivity contribution in [3.8, 4) is 0 Å². The van der Waals surface area contributed by atoms with Gasteiger partial charge in [0.2, 0.25) is 0 Å². The summed E-state index contributed by atoms with van der Waals surface area (Å²) in [6, 6.07) is 2.48. The molecular formula is C13H13Cl2NO4. The average molecular weight is 318 g/mol. The monoisotopic (exact) mass is 317 g/mol. The van der Waals surface area contributed by atoms with Crippen LogP contribution in [0.15, 0.2) is 12.1 Å². The number of benzene rings is 1. The van der Waals surface area contributed by atoms with Crippen LogP contribution in [0.1, 0.15) is 23.7 Å². The van der Waals surface area contributed by atoms with Crippen molar-refractivity contribution in [1.29, 1.82) is 0 Å². The van der Waals surface area contributed by atoms with Crippen molar-refractivity contribution in [2.45, 2.75) is 19.4 Å². The van der Waals surface area contributed by atoms with Gasteiger partial charge in [-0.2, -0.15) is 0 Å². The van der Waals surface area contributed by atoms with Crippen LogP contribution in [0.3, 0.4) is 0 Å². The van der Waals surface area contributed by atoms with Crippen molar-refractivity contribution in [2.75, 3.05) is 11.9 Å². The largest absolute Gasteiger partial charge is 0.478 e. The van der Waals surface area contributed by atoms with Crippen molar-refractivity contribution in [1.82, 2.24) is 0 Å². The molecule has 0 bridgehead atoms. The first kappa shape index (κ1) is 15.1. The van der Waals surface area contributed by atoms with Gasteiger partial charge in [0.05, 0.1) is 21.3 Å². The number of carbonyl (C=O) groups excluding carboxylic acids is 1. The van der Waals surface area contributed by atoms with Crippen LogP contribution in [-0.4, -0.2) is 29.7 Å². The van der Waals surface area contributed by atoms with E-state index in [9.17, 15) is 9.59 Å². The van der Waals surface area contributed by atoms with Gasteiger partial charge in [0, 0.05) is 6.61 Å². The van der Waals surface area contributed by atoms with Gasteiger partial charge in [0.15, 0.2) is 0 Å². The zero-order chi connectivity index (χ0) is 14.9. The fraction of sp³-hybridized carbons (Fsp3) is 0.385. The first-order valence-corrected chi connectivity index (χ1v) is 6.80. The van der Waals surface area contributed by atoms with E-state index in [1.807, 2.05) is 6.92 Å². The van der Waals surface area contributed by atoms with E-state index in [4.69, 9.17) is 33.0 Å². The molecule has 0 saturated carbocycles. The van der Waals surface area contributed by atoms with Crippen molar-refractivity contribution < 1.29 is 19.4 Å². The summed E-state index contributed by atoms with van der Waals surface area (Å²) in [5.74, 6) is -1.35. The van der Waals surface area contributed by atoms with Gasteiger partial charge in [-0.25, -0.2) is 4.79 Å². The molecule has 0 radical (unpaired) electrons. The molecule has 1 aliphatic rings. The number of halogens is 2. The molecule has 20 heavy (non-hydrogen) atoms. The summed E-state index contributed by atoms with van der Waals surface area (Å²) in [7, 11) is 0. The minimum atomic E-state index is -1.14. The number of rotatable bonds is 3. The third-order valence-electron chi connectivity index (χ3n) is 3.18. The Morgan fingerprint density at radius 1 is 1.35 bits per heavy atom. The normalized spacial score (nSPS) is 21.8. The number of hydrogen-bond acceptors (Lipinski definition) is 3. The van der Waals surface area contributed by atoms with Crippen LogP contribution < -0.4 is 5.32 Å². The molecule has 2 N–H and O–H groups in total. The lowest BCUT2D eigenvalue weighted by molar-refractivity contribution is -0.126. The summed E-state index contributed by atoms with van der Waals surface area (Å²) < 4.78 is 5.35. The Morgan fingerprint density at radius 2 is 1.95 bits per heavy atom. The second-order valence-corrected chi connectivity index (χ2v) is 5.48. The zero-order valence-corrected chi connectivity index (χ0v) is 12.2. The summed E-state index contributed by atoms with van der Waals surface area (Å²) in [6.45, 7) is 2.46. The molecule has 1 aliphatic heterocycles. The zero-order valence-electron chi connectivity index (χ0n) is 10.7. The predicted molar refractivity (Wildman–Crippen MR) is 75.6 cm³/mol. The van der Waals surface area contributed by atoms with Crippen molar-refractivity contribution in [2.24, 2.45) is 5.92 Å². The standard InChI is InChI=1S/C13H13Cl2NO4/c1-6-2-3-20-11(6)12(17)16-10-8(14)4-7(13(18)19)5-9(10)15/h4-6,11H,2-3H2,1H3,(H,16,17)(H,18,19). The molecule has 0 spiro atoms. The van der Waals surface area contributed by atoms with Gasteiger partial charge in [-0.15, -0.1) is 0 Å². The Balaban J connectivity index is 2.21. The number of carboxylic acids is 1. The topological polar surface area (TPSA) is 75.6 Å². The number of nitrogens with one attached hydrogen (secondary N) is 1. The molecule has 108 valence electrons. The Kier molecular flexibility index (Phi) is 4.52. The lowest BCUT2D eigenvalue weighted by Crippen LogP contribution is -2.31. The number of amides is 1. The molecule has 1 aromatic carbocycles. The van der Waals surface area contributed by atoms with Crippen LogP contribution in [-0.2, 0) is 9.53 Å². The molecule has 1 heterocycles. The van der Waals surface area contributed by atoms with E-state index >= 15 is 0 Å². The average Bonchev–Trinajstić information content (AvgIpc) is 2.79. The minimum absolute atomic E-state index is 0.0384. The van der Waals surface area contributed by atoms with Crippen LogP contribution in [0.2, 0.25) is 10.0 Å². The summed E-state index contributed by atoms with van der Waals surface area (Å²) in [5.41, 5.74) is 0.162. The molecule has 0 aliphatic carbocycles. The summed E-state index contributed by atoms with van der Waals surface area (Å²) >= 11 is 11.9. The Bertz CT molecular complexity index is 538. The fourth-order valence-electron chi connectivity index (χ4n) is 2.04. The third-order valence-corrected chi connectivity index (χ3v) is 3.78. The van der Waals surface area contributed by atoms with Crippen LogP contribution >= 0.6 is 23.2 Å². The Hall–Kier alpha value is -1.30. The number of ether oxygens (including phenoxy) is 1. The minimum Gasteiger partial charge on any atom is -0.478 e. The summed E-state index contributed by atoms with van der Waals surface area (Å²) in [6.07, 6.45) is 0.276. The number of hydrogen-bond donors (Lipinski definition) is 2. The highest BCUT2D eigenvalue weighted by Gasteiger charge is 2.31. The van der Waals surface area contributed by atoms with Gasteiger partial charge in [-0.3, -0.25) is 4.79 Å². The van der Waals surface area contributed by atoms with Gasteiger partial charge in [0.25, 0.3) is 5.91 Å². The highest BCUT2D eigenvalue weighted by molar-refractivity contribution is 6.40. The lowest BCUT2D eigenvalue weighted by atomic mass is 10.0. The van der Waals surface area contributed by atoms with Gasteiger partial charge >= 0.3 is 5.97 Å². The molecule has 2 unspecified atom stereocenters. The van der Waals surface area contributed by atoms with Crippen molar-refractivity contribution in [3.63, 3.8) is 0 Å².